The van der Waals surface area contributed by atoms with Gasteiger partial charge in [-0.3, -0.25) is 66.0 Å². The highest BCUT2D eigenvalue weighted by atomic mass is 32.5. The molecule has 0 saturated carbocycles. The summed E-state index contributed by atoms with van der Waals surface area (Å²) >= 11 is 22.8. The molecule has 7 aromatic heterocycles. The molecule has 0 radical (unpaired) electrons. The van der Waals surface area contributed by atoms with Gasteiger partial charge in [0.15, 0.2) is 41.0 Å². The maximum Gasteiger partial charge on any atom is 0.351 e. The molecule has 15 rings (SSSR count). The first-order valence-corrected chi connectivity index (χ1v) is 44.4. The molecule has 15 heterocycles. The normalized spacial score (nSPS) is 35.2. The lowest BCUT2D eigenvalue weighted by atomic mass is 9.94. The molecule has 0 aliphatic carbocycles. The van der Waals surface area contributed by atoms with E-state index in [1.807, 2.05) is 0 Å². The number of imidazole rings is 2. The minimum atomic E-state index is -4.88. The number of hydrogen-bond donors (Lipinski definition) is 11. The molecule has 7 unspecified atom stereocenters. The minimum Gasteiger partial charge on any atom is -0.387 e. The number of nitrogens with two attached hydrogens (primary N) is 2. The van der Waals surface area contributed by atoms with Crippen molar-refractivity contribution < 1.29 is 98.8 Å². The first-order valence-electron chi connectivity index (χ1n) is 34.0. The molecule has 598 valence electrons. The Balaban J connectivity index is 0.690. The summed E-state index contributed by atoms with van der Waals surface area (Å²) in [5.41, 5.74) is 1.48. The average molecular weight is 1700 g/mol. The SMILES string of the molecule is CC[C@H]1O[C@@H](n2cc(C)c(=O)[nH]c2=O)C[C@H]1OP(O)(=S)OC[C@H]1O[C@@H](n2cc(C)c(N)nc2=O)C[C@H]1OP(O)(=S)OC[C@]12O[C@@H](n3cc(C)c(=O)[nH]c3=O)C(O[C@H]1C)[C@H]2OP(O)(=S)OC[C@]12O[C@@H](n3cnc4c(=O)[nH]c(N)nc43)C(O[C@H]1C)[C@H]2OP(O)(=S)OC[C@]12O[C@@H](n3cnc4c(=O)[nH]c(C)nc43)C(O[C@H]1C)[C@H]2O. The van der Waals surface area contributed by atoms with Crippen LogP contribution in [-0.4, -0.2) is 215 Å². The lowest BCUT2D eigenvalue weighted by molar-refractivity contribution is -0.218. The number of nitrogens with one attached hydrogen (secondary N) is 4. The molecule has 8 aliphatic heterocycles. The Bertz CT molecular complexity index is 5510. The number of anilines is 2. The Hall–Kier alpha value is -5.70. The van der Waals surface area contributed by atoms with Crippen LogP contribution in [0, 0.1) is 27.7 Å². The van der Waals surface area contributed by atoms with E-state index in [9.17, 15) is 58.2 Å². The fourth-order valence-corrected chi connectivity index (χ4v) is 21.0. The van der Waals surface area contributed by atoms with Gasteiger partial charge in [-0.25, -0.2) is 29.3 Å². The van der Waals surface area contributed by atoms with E-state index in [0.29, 0.717) is 12.0 Å². The van der Waals surface area contributed by atoms with Crippen LogP contribution in [0.4, 0.5) is 11.8 Å². The Labute approximate surface area is 637 Å². The molecule has 6 bridgehead atoms. The summed E-state index contributed by atoms with van der Waals surface area (Å²) in [6, 6.07) is 0. The van der Waals surface area contributed by atoms with Gasteiger partial charge in [0.25, 0.3) is 22.2 Å². The van der Waals surface area contributed by atoms with Gasteiger partial charge in [-0.1, -0.05) is 6.92 Å². The third-order valence-corrected chi connectivity index (χ3v) is 27.1. The Kier molecular flexibility index (Phi) is 20.9. The molecule has 25 atom stereocenters. The van der Waals surface area contributed by atoms with E-state index >= 15 is 0 Å². The van der Waals surface area contributed by atoms with Crippen molar-refractivity contribution >= 4 is 108 Å². The molecule has 13 N–H and O–H groups in total. The predicted molar refractivity (Wildman–Crippen MR) is 389 cm³/mol. The first kappa shape index (κ1) is 79.5. The van der Waals surface area contributed by atoms with Crippen LogP contribution in [0.3, 0.4) is 0 Å². The first-order chi connectivity index (χ1) is 51.7. The van der Waals surface area contributed by atoms with Gasteiger partial charge in [-0.2, -0.15) is 9.97 Å². The highest BCUT2D eigenvalue weighted by molar-refractivity contribution is 8.08. The summed E-state index contributed by atoms with van der Waals surface area (Å²) in [7, 11) is 0. The monoisotopic (exact) mass is 1690 g/mol. The number of nitrogen functional groups attached to an aromatic ring is 2. The zero-order chi connectivity index (χ0) is 78.8. The molecular weight excluding hydrogens is 1620 g/mol. The average Bonchev–Trinajstić information content (AvgIpc) is 1.56. The largest absolute Gasteiger partial charge is 0.387 e. The predicted octanol–water partition coefficient (Wildman–Crippen LogP) is -1.01. The number of fused-ring (bicyclic) bond motifs is 8. The third-order valence-electron chi connectivity index (χ3n) is 20.8. The lowest BCUT2D eigenvalue weighted by Gasteiger charge is -2.39. The quantitative estimate of drug-likeness (QED) is 0.0290. The van der Waals surface area contributed by atoms with Crippen molar-refractivity contribution in [3.05, 3.63) is 127 Å². The van der Waals surface area contributed by atoms with E-state index in [2.05, 4.69) is 44.9 Å². The topological polar surface area (TPSA) is 573 Å². The molecule has 0 spiro atoms. The van der Waals surface area contributed by atoms with Crippen LogP contribution >= 0.6 is 26.9 Å². The van der Waals surface area contributed by atoms with Gasteiger partial charge in [-0.05, 0) is 102 Å². The summed E-state index contributed by atoms with van der Waals surface area (Å²) in [5, 5.41) is 11.9. The molecule has 7 aromatic rings. The van der Waals surface area contributed by atoms with Crippen molar-refractivity contribution in [1.29, 1.82) is 0 Å². The van der Waals surface area contributed by atoms with E-state index in [1.165, 1.54) is 72.6 Å². The molecule has 110 heavy (non-hydrogen) atoms. The Morgan fingerprint density at radius 1 is 0.527 bits per heavy atom. The highest BCUT2D eigenvalue weighted by Gasteiger charge is 2.72. The van der Waals surface area contributed by atoms with Gasteiger partial charge < -0.3 is 106 Å². The number of aromatic nitrogens is 14. The molecule has 8 aliphatic rings. The fraction of sp³-hybridized carbons (Fsp3) is 0.621. The standard InChI is InChI=1S/C58H74N16O28P4S4/c1-9-28-29(10-32(94-28)71-13-22(3)45(76)68-54(71)81)99-103(83,107)87-15-31-30(11-33(95-31)70-12-21(2)42(59)65-53(70)80)100-104(84,108)89-17-57-25(6)92-37(50(97-57)72-14-23(4)46(77)69-55(72)82)40(57)101-106(86,110)90-18-58-26(7)93-38(51(98-58)74-20-62-35-44(74)66-52(60)67-48(35)79)41(58)102-105(85,109)88-16-56-24(5)91-36(39(56)75)49(96-56)73-19-61-34-43(73)63-27(8)64-47(34)78/h12-14,19-20,24-26,28-33,36-41,49-51,75H,9-11,15-18H2,1-8H3,(H,83,107)(H,84,108)(H,85,109)(H,86,110)(H2,59,65,80)(H,63,64,78)(H,68,76,81)(H,69,77,82)(H3,60,66,67,79)/t24-,25-,26-,28+,29+,30+,31+,32+,33+,36?,37?,38?,39+,40+,41+,49+,50+,51+,56-,57-,58-,103?,104?,105?,106?/m0/s1. The van der Waals surface area contributed by atoms with Crippen LogP contribution in [0.5, 0.6) is 0 Å². The second-order valence-corrected chi connectivity index (χ2v) is 38.9. The molecule has 0 aromatic carbocycles. The molecule has 52 heteroatoms. The molecule has 44 nitrogen and oxygen atoms in total. The smallest absolute Gasteiger partial charge is 0.351 e. The van der Waals surface area contributed by atoms with Crippen molar-refractivity contribution in [2.24, 2.45) is 0 Å². The maximum absolute atomic E-state index is 13.8. The molecule has 0 amide bonds. The summed E-state index contributed by atoms with van der Waals surface area (Å²) in [5.74, 6) is -0.107. The molecule has 8 saturated heterocycles. The van der Waals surface area contributed by atoms with Gasteiger partial charge in [0, 0.05) is 48.1 Å². The number of aliphatic hydroxyl groups is 1. The molecule has 8 fully saturated rings. The van der Waals surface area contributed by atoms with E-state index in [0.717, 1.165) is 9.13 Å². The van der Waals surface area contributed by atoms with Gasteiger partial charge in [0.1, 0.15) is 83.6 Å². The second-order valence-electron chi connectivity index (χ2n) is 27.7. The van der Waals surface area contributed by atoms with Crippen molar-refractivity contribution in [2.45, 2.75) is 202 Å². The number of H-pyrrole nitrogens is 4. The van der Waals surface area contributed by atoms with Crippen LogP contribution in [0.1, 0.15) is 101 Å². The highest BCUT2D eigenvalue weighted by Crippen LogP contribution is 2.63. The van der Waals surface area contributed by atoms with Gasteiger partial charge in [0.05, 0.1) is 75.7 Å². The number of nitrogens with zero attached hydrogens (tertiary/aromatic N) is 10. The third kappa shape index (κ3) is 14.2. The number of ether oxygens (including phenoxy) is 8. The van der Waals surface area contributed by atoms with Crippen LogP contribution < -0.4 is 50.8 Å². The van der Waals surface area contributed by atoms with Gasteiger partial charge >= 0.3 is 43.9 Å². The van der Waals surface area contributed by atoms with Crippen LogP contribution in [0.25, 0.3) is 22.3 Å². The Morgan fingerprint density at radius 3 is 1.54 bits per heavy atom. The summed E-state index contributed by atoms with van der Waals surface area (Å²) in [6.07, 6.45) is -16.0. The number of aryl methyl sites for hydroxylation is 4. The fourth-order valence-electron chi connectivity index (χ4n) is 15.1. The number of hydrogen-bond acceptors (Lipinski definition) is 35. The lowest BCUT2D eigenvalue weighted by Crippen LogP contribution is -2.52. The van der Waals surface area contributed by atoms with Crippen molar-refractivity contribution in [2.75, 3.05) is 37.9 Å². The zero-order valence-corrected chi connectivity index (χ0v) is 65.7. The van der Waals surface area contributed by atoms with E-state index in [4.69, 9.17) is 133 Å². The van der Waals surface area contributed by atoms with Gasteiger partial charge in [0.2, 0.25) is 5.95 Å². The van der Waals surface area contributed by atoms with Crippen molar-refractivity contribution in [3.63, 3.8) is 0 Å². The van der Waals surface area contributed by atoms with E-state index in [-0.39, 0.29) is 63.9 Å². The number of aromatic amines is 4. The Morgan fingerprint density at radius 2 is 0.964 bits per heavy atom. The van der Waals surface area contributed by atoms with E-state index in [1.54, 1.807) is 27.7 Å². The second kappa shape index (κ2) is 28.9. The van der Waals surface area contributed by atoms with Crippen molar-refractivity contribution in [3.8, 4) is 0 Å². The molecular formula is C58H74N16O28P4S4. The summed E-state index contributed by atoms with van der Waals surface area (Å²) in [4.78, 5) is 170. The number of aliphatic hydroxyl groups excluding tert-OH is 1. The van der Waals surface area contributed by atoms with Crippen molar-refractivity contribution in [1.82, 2.24) is 67.7 Å². The van der Waals surface area contributed by atoms with Crippen LogP contribution in [-0.2, 0) is 121 Å². The summed E-state index contributed by atoms with van der Waals surface area (Å²) < 4.78 is 107. The maximum atomic E-state index is 13.8. The van der Waals surface area contributed by atoms with Gasteiger partial charge in [-0.15, -0.1) is 0 Å². The minimum absolute atomic E-state index is 0.0126. The van der Waals surface area contributed by atoms with Crippen LogP contribution in [0.2, 0.25) is 0 Å². The van der Waals surface area contributed by atoms with E-state index < -0.39 is 220 Å². The number of rotatable bonds is 26. The van der Waals surface area contributed by atoms with Crippen LogP contribution in [0.15, 0.2) is 64.8 Å². The summed E-state index contributed by atoms with van der Waals surface area (Å²) in [6.45, 7) is -9.15. The zero-order valence-electron chi connectivity index (χ0n) is 58.9.